The number of benzene rings is 3. The van der Waals surface area contributed by atoms with E-state index in [1.807, 2.05) is 44.3 Å². The van der Waals surface area contributed by atoms with Crippen LogP contribution in [0.3, 0.4) is 0 Å². The Kier molecular flexibility index (Phi) is 10.1. The van der Waals surface area contributed by atoms with E-state index in [0.29, 0.717) is 5.69 Å². The number of nitrogens with zero attached hydrogens (tertiary/aromatic N) is 3. The second kappa shape index (κ2) is 14.8. The Morgan fingerprint density at radius 1 is 0.854 bits per heavy atom. The van der Waals surface area contributed by atoms with Crippen molar-refractivity contribution >= 4 is 34.9 Å². The predicted octanol–water partition coefficient (Wildman–Crippen LogP) is 6.57. The van der Waals surface area contributed by atoms with Crippen molar-refractivity contribution < 1.29 is 19.1 Å². The van der Waals surface area contributed by atoms with E-state index >= 15 is 0 Å². The van der Waals surface area contributed by atoms with Gasteiger partial charge >= 0.3 is 6.09 Å². The van der Waals surface area contributed by atoms with Gasteiger partial charge in [0.2, 0.25) is 5.91 Å². The fourth-order valence-corrected chi connectivity index (χ4v) is 6.64. The third-order valence-electron chi connectivity index (χ3n) is 9.26. The van der Waals surface area contributed by atoms with Crippen LogP contribution >= 0.6 is 0 Å². The SMILES string of the molecule is COC(=O)NC(C(=O)Nc1ccc(C2CCC(c3ccc(N)cc3)N2c2ccc(-c3ccc(N4CCOCC4)nc3)cc2)cc1)C(C)C. The molecule has 0 aliphatic carbocycles. The Morgan fingerprint density at radius 2 is 1.46 bits per heavy atom. The van der Waals surface area contributed by atoms with Gasteiger partial charge in [-0.1, -0.05) is 50.2 Å². The molecule has 0 radical (unpaired) electrons. The number of nitrogens with two attached hydrogens (primary N) is 1. The van der Waals surface area contributed by atoms with E-state index in [-0.39, 0.29) is 23.9 Å². The van der Waals surface area contributed by atoms with Gasteiger partial charge in [0.05, 0.1) is 32.4 Å². The highest BCUT2D eigenvalue weighted by atomic mass is 16.5. The highest BCUT2D eigenvalue weighted by molar-refractivity contribution is 5.96. The molecule has 2 aliphatic heterocycles. The quantitative estimate of drug-likeness (QED) is 0.174. The van der Waals surface area contributed by atoms with Gasteiger partial charge in [0, 0.05) is 41.9 Å². The molecule has 3 unspecified atom stereocenters. The summed E-state index contributed by atoms with van der Waals surface area (Å²) in [5.41, 5.74) is 13.2. The van der Waals surface area contributed by atoms with Crippen LogP contribution in [0.25, 0.3) is 11.1 Å². The van der Waals surface area contributed by atoms with Gasteiger partial charge in [0.15, 0.2) is 0 Å². The molecular weight excluding hydrogens is 604 g/mol. The van der Waals surface area contributed by atoms with Crippen molar-refractivity contribution in [2.75, 3.05) is 54.3 Å². The summed E-state index contributed by atoms with van der Waals surface area (Å²) >= 11 is 0. The molecule has 6 rings (SSSR count). The smallest absolute Gasteiger partial charge is 0.407 e. The summed E-state index contributed by atoms with van der Waals surface area (Å²) in [6, 6.07) is 28.7. The van der Waals surface area contributed by atoms with Gasteiger partial charge in [0.25, 0.3) is 0 Å². The molecule has 4 aromatic rings. The maximum atomic E-state index is 13.0. The Morgan fingerprint density at radius 3 is 2.02 bits per heavy atom. The predicted molar refractivity (Wildman–Crippen MR) is 190 cm³/mol. The van der Waals surface area contributed by atoms with Gasteiger partial charge in [-0.2, -0.15) is 0 Å². The van der Waals surface area contributed by atoms with Gasteiger partial charge in [-0.15, -0.1) is 0 Å². The summed E-state index contributed by atoms with van der Waals surface area (Å²) in [5, 5.41) is 5.57. The van der Waals surface area contributed by atoms with E-state index < -0.39 is 12.1 Å². The number of nitrogens with one attached hydrogen (secondary N) is 2. The van der Waals surface area contributed by atoms with Crippen LogP contribution in [0.2, 0.25) is 0 Å². The average molecular weight is 649 g/mol. The number of pyridine rings is 1. The zero-order chi connectivity index (χ0) is 33.6. The first-order valence-corrected chi connectivity index (χ1v) is 16.6. The average Bonchev–Trinajstić information content (AvgIpc) is 3.56. The Bertz CT molecular complexity index is 1670. The molecule has 10 heteroatoms. The second-order valence-corrected chi connectivity index (χ2v) is 12.7. The lowest BCUT2D eigenvalue weighted by Crippen LogP contribution is -2.47. The monoisotopic (exact) mass is 648 g/mol. The molecule has 10 nitrogen and oxygen atoms in total. The molecule has 3 aromatic carbocycles. The molecule has 2 fully saturated rings. The maximum Gasteiger partial charge on any atom is 0.407 e. The lowest BCUT2D eigenvalue weighted by Gasteiger charge is -2.33. The Hall–Kier alpha value is -5.09. The molecule has 1 aromatic heterocycles. The van der Waals surface area contributed by atoms with Crippen molar-refractivity contribution in [3.63, 3.8) is 0 Å². The van der Waals surface area contributed by atoms with Crippen LogP contribution in [-0.2, 0) is 14.3 Å². The van der Waals surface area contributed by atoms with Crippen LogP contribution in [0.1, 0.15) is 49.9 Å². The minimum Gasteiger partial charge on any atom is -0.453 e. The maximum absolute atomic E-state index is 13.0. The van der Waals surface area contributed by atoms with Crippen LogP contribution in [0, 0.1) is 5.92 Å². The number of methoxy groups -OCH3 is 1. The van der Waals surface area contributed by atoms with E-state index in [4.69, 9.17) is 20.2 Å². The van der Waals surface area contributed by atoms with E-state index in [0.717, 1.165) is 73.0 Å². The summed E-state index contributed by atoms with van der Waals surface area (Å²) in [6.07, 6.45) is 3.26. The number of hydrogen-bond donors (Lipinski definition) is 3. The molecule has 2 amide bonds. The van der Waals surface area contributed by atoms with Gasteiger partial charge in [-0.25, -0.2) is 9.78 Å². The van der Waals surface area contributed by atoms with Crippen molar-refractivity contribution in [2.45, 2.75) is 44.8 Å². The van der Waals surface area contributed by atoms with Crippen LogP contribution in [-0.4, -0.2) is 56.4 Å². The number of aromatic nitrogens is 1. The van der Waals surface area contributed by atoms with E-state index in [1.165, 1.54) is 12.7 Å². The lowest BCUT2D eigenvalue weighted by molar-refractivity contribution is -0.119. The van der Waals surface area contributed by atoms with Crippen LogP contribution in [0.4, 0.5) is 27.7 Å². The standard InChI is InChI=1S/C38H44N6O4/c1-25(2)36(42-38(46)47-3)37(45)41-31-13-6-28(7-14-31)34-18-17-33(27-4-11-30(39)12-5-27)44(34)32-15-8-26(9-16-32)29-10-19-35(40-24-29)43-20-22-48-23-21-43/h4-16,19,24-25,33-34,36H,17-18,20-23,39H2,1-3H3,(H,41,45)(H,42,46). The second-order valence-electron chi connectivity index (χ2n) is 12.7. The molecule has 4 N–H and O–H groups in total. The molecule has 48 heavy (non-hydrogen) atoms. The lowest BCUT2D eigenvalue weighted by atomic mass is 10.0. The third kappa shape index (κ3) is 7.39. The number of amides is 2. The summed E-state index contributed by atoms with van der Waals surface area (Å²) < 4.78 is 10.2. The van der Waals surface area contributed by atoms with Crippen LogP contribution in [0.5, 0.6) is 0 Å². The van der Waals surface area contributed by atoms with Gasteiger partial charge in [-0.3, -0.25) is 4.79 Å². The first-order valence-electron chi connectivity index (χ1n) is 16.6. The normalized spacial score (nSPS) is 18.4. The zero-order valence-electron chi connectivity index (χ0n) is 27.8. The molecule has 0 saturated carbocycles. The van der Waals surface area contributed by atoms with Crippen molar-refractivity contribution in [3.8, 4) is 11.1 Å². The Labute approximate surface area is 282 Å². The zero-order valence-corrected chi connectivity index (χ0v) is 27.8. The van der Waals surface area contributed by atoms with Crippen LogP contribution < -0.4 is 26.2 Å². The number of anilines is 4. The number of alkyl carbamates (subject to hydrolysis) is 1. The van der Waals surface area contributed by atoms with Gasteiger partial charge in [-0.05, 0) is 84.0 Å². The summed E-state index contributed by atoms with van der Waals surface area (Å²) in [6.45, 7) is 6.93. The summed E-state index contributed by atoms with van der Waals surface area (Å²) in [7, 11) is 1.28. The fraction of sp³-hybridized carbons (Fsp3) is 0.342. The molecule has 0 spiro atoms. The molecule has 2 aliphatic rings. The number of carbonyl (C=O) groups is 2. The summed E-state index contributed by atoms with van der Waals surface area (Å²) in [5.74, 6) is 0.575. The number of carbonyl (C=O) groups excluding carboxylic acids is 2. The minimum absolute atomic E-state index is 0.113. The molecule has 3 atom stereocenters. The van der Waals surface area contributed by atoms with Crippen molar-refractivity contribution in [2.24, 2.45) is 5.92 Å². The number of ether oxygens (including phenoxy) is 2. The van der Waals surface area contributed by atoms with Crippen molar-refractivity contribution in [3.05, 3.63) is 102 Å². The molecular formula is C38H44N6O4. The third-order valence-corrected chi connectivity index (χ3v) is 9.26. The first-order chi connectivity index (χ1) is 23.3. The molecule has 0 bridgehead atoms. The topological polar surface area (TPSA) is 122 Å². The van der Waals surface area contributed by atoms with Crippen molar-refractivity contribution in [1.82, 2.24) is 10.3 Å². The number of nitrogen functional groups attached to an aromatic ring is 1. The highest BCUT2D eigenvalue weighted by Gasteiger charge is 2.35. The van der Waals surface area contributed by atoms with Crippen molar-refractivity contribution in [1.29, 1.82) is 0 Å². The van der Waals surface area contributed by atoms with Gasteiger partial charge < -0.3 is 35.6 Å². The highest BCUT2D eigenvalue weighted by Crippen LogP contribution is 2.47. The van der Waals surface area contributed by atoms with E-state index in [9.17, 15) is 9.59 Å². The molecule has 2 saturated heterocycles. The largest absolute Gasteiger partial charge is 0.453 e. The first kappa shape index (κ1) is 32.8. The minimum atomic E-state index is -0.718. The number of morpholine rings is 1. The number of rotatable bonds is 9. The fourth-order valence-electron chi connectivity index (χ4n) is 6.64. The number of hydrogen-bond acceptors (Lipinski definition) is 8. The molecule has 3 heterocycles. The summed E-state index contributed by atoms with van der Waals surface area (Å²) in [4.78, 5) is 34.3. The van der Waals surface area contributed by atoms with Crippen LogP contribution in [0.15, 0.2) is 91.1 Å². The van der Waals surface area contributed by atoms with E-state index in [1.54, 1.807) is 0 Å². The van der Waals surface area contributed by atoms with Gasteiger partial charge in [0.1, 0.15) is 11.9 Å². The van der Waals surface area contributed by atoms with E-state index in [2.05, 4.69) is 81.1 Å². The molecule has 250 valence electrons. The Balaban J connectivity index is 1.22.